The fraction of sp³-hybridized carbons (Fsp3) is 0.500. The van der Waals surface area contributed by atoms with E-state index < -0.39 is 6.04 Å². The number of rotatable bonds is 4. The molecule has 1 fully saturated rings. The van der Waals surface area contributed by atoms with Gasteiger partial charge in [-0.15, -0.1) is 0 Å². The molecule has 3 heterocycles. The fourth-order valence-electron chi connectivity index (χ4n) is 4.43. The van der Waals surface area contributed by atoms with Gasteiger partial charge >= 0.3 is 6.03 Å². The molecule has 1 atom stereocenters. The van der Waals surface area contributed by atoms with Crippen molar-refractivity contribution in [2.24, 2.45) is 0 Å². The van der Waals surface area contributed by atoms with E-state index in [4.69, 9.17) is 0 Å². The van der Waals surface area contributed by atoms with Crippen LogP contribution in [0.4, 0.5) is 4.79 Å². The van der Waals surface area contributed by atoms with Gasteiger partial charge in [0.15, 0.2) is 0 Å². The van der Waals surface area contributed by atoms with Crippen molar-refractivity contribution in [1.82, 2.24) is 24.9 Å². The number of benzene rings is 1. The summed E-state index contributed by atoms with van der Waals surface area (Å²) in [6.07, 6.45) is 0. The van der Waals surface area contributed by atoms with Crippen molar-refractivity contribution in [3.63, 3.8) is 0 Å². The number of piperazine rings is 1. The number of carbonyl (C=O) groups excluding carboxylic acids is 3. The second-order valence-corrected chi connectivity index (χ2v) is 8.25. The van der Waals surface area contributed by atoms with Crippen molar-refractivity contribution in [2.45, 2.75) is 19.9 Å². The highest BCUT2D eigenvalue weighted by Crippen LogP contribution is 2.36. The molecule has 1 unspecified atom stereocenters. The summed E-state index contributed by atoms with van der Waals surface area (Å²) in [6, 6.07) is 7.13. The minimum atomic E-state index is -0.494. The molecule has 1 aromatic rings. The zero-order valence-electron chi connectivity index (χ0n) is 17.9. The number of urea groups is 1. The molecule has 0 radical (unpaired) electrons. The SMILES string of the molecule is CCN1C(=O)NC(c2cccc(C)c2)C2=C1CN(CC(=O)N1CCN(C)CC1)C2=O. The molecule has 1 saturated heterocycles. The molecule has 1 N–H and O–H groups in total. The van der Waals surface area contributed by atoms with Gasteiger partial charge in [-0.05, 0) is 26.5 Å². The average molecular weight is 412 g/mol. The predicted molar refractivity (Wildman–Crippen MR) is 113 cm³/mol. The Kier molecular flexibility index (Phi) is 5.51. The lowest BCUT2D eigenvalue weighted by atomic mass is 9.94. The van der Waals surface area contributed by atoms with Crippen molar-refractivity contribution in [3.05, 3.63) is 46.7 Å². The topological polar surface area (TPSA) is 76.2 Å². The van der Waals surface area contributed by atoms with Crippen molar-refractivity contribution >= 4 is 17.8 Å². The Morgan fingerprint density at radius 3 is 2.57 bits per heavy atom. The lowest BCUT2D eigenvalue weighted by Crippen LogP contribution is -2.50. The second kappa shape index (κ2) is 8.10. The Bertz CT molecular complexity index is 904. The minimum absolute atomic E-state index is 0.0364. The number of nitrogens with one attached hydrogen (secondary N) is 1. The van der Waals surface area contributed by atoms with Gasteiger partial charge in [0.1, 0.15) is 6.54 Å². The van der Waals surface area contributed by atoms with Crippen LogP contribution in [0.5, 0.6) is 0 Å². The van der Waals surface area contributed by atoms with Gasteiger partial charge in [-0.25, -0.2) is 4.79 Å². The number of hydrogen-bond donors (Lipinski definition) is 1. The molecule has 0 saturated carbocycles. The van der Waals surface area contributed by atoms with Crippen molar-refractivity contribution in [2.75, 3.05) is 52.9 Å². The molecular formula is C22H29N5O3. The largest absolute Gasteiger partial charge is 0.339 e. The van der Waals surface area contributed by atoms with Crippen LogP contribution in [-0.4, -0.2) is 90.3 Å². The number of carbonyl (C=O) groups is 3. The quantitative estimate of drug-likeness (QED) is 0.801. The minimum Gasteiger partial charge on any atom is -0.339 e. The van der Waals surface area contributed by atoms with Crippen LogP contribution < -0.4 is 5.32 Å². The summed E-state index contributed by atoms with van der Waals surface area (Å²) in [7, 11) is 2.04. The average Bonchev–Trinajstić information content (AvgIpc) is 3.04. The van der Waals surface area contributed by atoms with Crippen LogP contribution in [0.2, 0.25) is 0 Å². The highest BCUT2D eigenvalue weighted by Gasteiger charge is 2.44. The third-order valence-electron chi connectivity index (χ3n) is 6.17. The zero-order valence-corrected chi connectivity index (χ0v) is 17.9. The van der Waals surface area contributed by atoms with E-state index in [1.807, 2.05) is 50.1 Å². The van der Waals surface area contributed by atoms with Gasteiger partial charge in [-0.1, -0.05) is 29.8 Å². The van der Waals surface area contributed by atoms with Crippen molar-refractivity contribution < 1.29 is 14.4 Å². The maximum absolute atomic E-state index is 13.4. The molecule has 30 heavy (non-hydrogen) atoms. The molecule has 160 valence electrons. The fourth-order valence-corrected chi connectivity index (χ4v) is 4.43. The number of nitrogens with zero attached hydrogens (tertiary/aromatic N) is 4. The molecule has 3 aliphatic heterocycles. The Morgan fingerprint density at radius 1 is 1.17 bits per heavy atom. The Hall–Kier alpha value is -2.87. The van der Waals surface area contributed by atoms with Gasteiger partial charge in [0.2, 0.25) is 5.91 Å². The summed E-state index contributed by atoms with van der Waals surface area (Å²) in [6.45, 7) is 7.71. The monoisotopic (exact) mass is 411 g/mol. The lowest BCUT2D eigenvalue weighted by molar-refractivity contribution is -0.138. The lowest BCUT2D eigenvalue weighted by Gasteiger charge is -2.33. The number of aryl methyl sites for hydroxylation is 1. The van der Waals surface area contributed by atoms with Crippen LogP contribution in [0.25, 0.3) is 0 Å². The first-order valence-corrected chi connectivity index (χ1v) is 10.5. The molecule has 0 spiro atoms. The smallest absolute Gasteiger partial charge is 0.322 e. The van der Waals surface area contributed by atoms with Gasteiger partial charge in [-0.3, -0.25) is 14.5 Å². The Balaban J connectivity index is 1.57. The molecule has 1 aromatic carbocycles. The van der Waals surface area contributed by atoms with Crippen LogP contribution in [0.3, 0.4) is 0 Å². The first-order chi connectivity index (χ1) is 14.4. The van der Waals surface area contributed by atoms with Gasteiger partial charge in [0, 0.05) is 32.7 Å². The summed E-state index contributed by atoms with van der Waals surface area (Å²) < 4.78 is 0. The van der Waals surface area contributed by atoms with E-state index in [1.54, 1.807) is 9.80 Å². The highest BCUT2D eigenvalue weighted by atomic mass is 16.2. The Labute approximate surface area is 177 Å². The first kappa shape index (κ1) is 20.4. The third kappa shape index (κ3) is 3.67. The van der Waals surface area contributed by atoms with E-state index >= 15 is 0 Å². The number of amides is 4. The summed E-state index contributed by atoms with van der Waals surface area (Å²) in [5.74, 6) is -0.205. The van der Waals surface area contributed by atoms with Crippen molar-refractivity contribution in [3.8, 4) is 0 Å². The van der Waals surface area contributed by atoms with Gasteiger partial charge < -0.3 is 20.0 Å². The summed E-state index contributed by atoms with van der Waals surface area (Å²) in [5, 5.41) is 2.99. The molecular weight excluding hydrogens is 382 g/mol. The first-order valence-electron chi connectivity index (χ1n) is 10.5. The molecule has 0 bridgehead atoms. The van der Waals surface area contributed by atoms with Crippen LogP contribution in [-0.2, 0) is 9.59 Å². The van der Waals surface area contributed by atoms with E-state index in [2.05, 4.69) is 10.2 Å². The molecule has 3 aliphatic rings. The normalized spacial score (nSPS) is 22.5. The summed E-state index contributed by atoms with van der Waals surface area (Å²) >= 11 is 0. The van der Waals surface area contributed by atoms with Crippen LogP contribution in [0.15, 0.2) is 35.5 Å². The molecule has 0 aromatic heterocycles. The van der Waals surface area contributed by atoms with E-state index in [0.717, 1.165) is 24.2 Å². The van der Waals surface area contributed by atoms with Crippen molar-refractivity contribution in [1.29, 1.82) is 0 Å². The van der Waals surface area contributed by atoms with E-state index in [-0.39, 0.29) is 30.9 Å². The molecule has 4 amide bonds. The maximum Gasteiger partial charge on any atom is 0.322 e. The zero-order chi connectivity index (χ0) is 21.4. The standard InChI is InChI=1S/C22H29N5O3/c1-4-27-17-13-26(14-18(28)25-10-8-24(3)9-11-25)21(29)19(17)20(23-22(27)30)16-7-5-6-15(2)12-16/h5-7,12,20H,4,8-11,13-14H2,1-3H3,(H,23,30). The Morgan fingerprint density at radius 2 is 1.90 bits per heavy atom. The number of hydrogen-bond acceptors (Lipinski definition) is 4. The molecule has 8 heteroatoms. The third-order valence-corrected chi connectivity index (χ3v) is 6.17. The summed E-state index contributed by atoms with van der Waals surface area (Å²) in [5.41, 5.74) is 3.23. The van der Waals surface area contributed by atoms with E-state index in [9.17, 15) is 14.4 Å². The van der Waals surface area contributed by atoms with Crippen LogP contribution in [0, 0.1) is 6.92 Å². The van der Waals surface area contributed by atoms with Gasteiger partial charge in [-0.2, -0.15) is 0 Å². The van der Waals surface area contributed by atoms with Gasteiger partial charge in [0.05, 0.1) is 23.9 Å². The highest BCUT2D eigenvalue weighted by molar-refractivity contribution is 6.03. The van der Waals surface area contributed by atoms with Crippen LogP contribution in [0.1, 0.15) is 24.1 Å². The molecule has 4 rings (SSSR count). The number of likely N-dealkylation sites (N-methyl/N-ethyl adjacent to an activating group) is 2. The van der Waals surface area contributed by atoms with Gasteiger partial charge in [0.25, 0.3) is 5.91 Å². The summed E-state index contributed by atoms with van der Waals surface area (Å²) in [4.78, 5) is 46.1. The molecule has 0 aliphatic carbocycles. The van der Waals surface area contributed by atoms with Crippen LogP contribution >= 0.6 is 0 Å². The maximum atomic E-state index is 13.4. The molecule has 8 nitrogen and oxygen atoms in total. The van der Waals surface area contributed by atoms with E-state index in [1.165, 1.54) is 0 Å². The second-order valence-electron chi connectivity index (χ2n) is 8.25. The van der Waals surface area contributed by atoms with E-state index in [0.29, 0.717) is 30.9 Å². The predicted octanol–water partition coefficient (Wildman–Crippen LogP) is 0.952.